The lowest BCUT2D eigenvalue weighted by Gasteiger charge is -2.11. The molecule has 0 unspecified atom stereocenters. The van der Waals surface area contributed by atoms with Gasteiger partial charge in [-0.05, 0) is 19.3 Å². The highest BCUT2D eigenvalue weighted by molar-refractivity contribution is 5.50. The Bertz CT molecular complexity index is 455. The summed E-state index contributed by atoms with van der Waals surface area (Å²) in [6.07, 6.45) is 6.25. The Balaban J connectivity index is 2.44. The lowest BCUT2D eigenvalue weighted by atomic mass is 9.93. The Morgan fingerprint density at radius 3 is 2.69 bits per heavy atom. The lowest BCUT2D eigenvalue weighted by molar-refractivity contribution is 0.376. The summed E-state index contributed by atoms with van der Waals surface area (Å²) in [7, 11) is 0. The molecule has 0 saturated heterocycles. The standard InChI is InChI=1S/C13H17NO2/c1-3-7-14-12(15)10-6-5-9(4-2)8-11(10)13(14)16/h3,5,15-16H,1,4,6-8H2,2H3. The minimum absolute atomic E-state index is 0.179. The average Bonchev–Trinajstić information content (AvgIpc) is 2.54. The van der Waals surface area contributed by atoms with Crippen molar-refractivity contribution in [3.05, 3.63) is 35.4 Å². The van der Waals surface area contributed by atoms with Crippen molar-refractivity contribution in [3.63, 3.8) is 0 Å². The molecule has 0 spiro atoms. The molecule has 0 saturated carbocycles. The van der Waals surface area contributed by atoms with Gasteiger partial charge in [-0.15, -0.1) is 6.58 Å². The van der Waals surface area contributed by atoms with Gasteiger partial charge >= 0.3 is 0 Å². The molecular weight excluding hydrogens is 202 g/mol. The third kappa shape index (κ3) is 1.52. The highest BCUT2D eigenvalue weighted by Gasteiger charge is 2.23. The predicted octanol–water partition coefficient (Wildman–Crippen LogP) is 2.52. The number of fused-ring (bicyclic) bond motifs is 1. The van der Waals surface area contributed by atoms with E-state index in [0.717, 1.165) is 24.0 Å². The zero-order chi connectivity index (χ0) is 11.7. The van der Waals surface area contributed by atoms with E-state index in [1.54, 1.807) is 6.08 Å². The molecule has 3 nitrogen and oxygen atoms in total. The molecule has 0 atom stereocenters. The highest BCUT2D eigenvalue weighted by Crippen LogP contribution is 2.38. The Labute approximate surface area is 95.3 Å². The molecule has 1 aromatic heterocycles. The smallest absolute Gasteiger partial charge is 0.198 e. The summed E-state index contributed by atoms with van der Waals surface area (Å²) < 4.78 is 1.50. The molecule has 0 amide bonds. The molecule has 16 heavy (non-hydrogen) atoms. The largest absolute Gasteiger partial charge is 0.494 e. The van der Waals surface area contributed by atoms with E-state index in [1.165, 1.54) is 10.1 Å². The van der Waals surface area contributed by atoms with Crippen molar-refractivity contribution in [2.45, 2.75) is 32.7 Å². The van der Waals surface area contributed by atoms with Gasteiger partial charge in [0.25, 0.3) is 0 Å². The zero-order valence-electron chi connectivity index (χ0n) is 9.53. The van der Waals surface area contributed by atoms with Crippen LogP contribution in [0.1, 0.15) is 24.5 Å². The minimum atomic E-state index is 0.179. The molecule has 0 radical (unpaired) electrons. The third-order valence-corrected chi connectivity index (χ3v) is 3.18. The van der Waals surface area contributed by atoms with Gasteiger partial charge in [0.15, 0.2) is 11.8 Å². The molecule has 1 aliphatic carbocycles. The molecule has 1 aromatic rings. The number of aromatic nitrogens is 1. The van der Waals surface area contributed by atoms with Crippen molar-refractivity contribution in [2.24, 2.45) is 0 Å². The molecule has 0 bridgehead atoms. The van der Waals surface area contributed by atoms with Crippen molar-refractivity contribution in [1.29, 1.82) is 0 Å². The van der Waals surface area contributed by atoms with Gasteiger partial charge in [-0.3, -0.25) is 4.57 Å². The van der Waals surface area contributed by atoms with Gasteiger partial charge in [0, 0.05) is 17.7 Å². The predicted molar refractivity (Wildman–Crippen MR) is 63.7 cm³/mol. The van der Waals surface area contributed by atoms with Crippen LogP contribution >= 0.6 is 0 Å². The van der Waals surface area contributed by atoms with Gasteiger partial charge < -0.3 is 10.2 Å². The first-order valence-electron chi connectivity index (χ1n) is 5.60. The monoisotopic (exact) mass is 219 g/mol. The minimum Gasteiger partial charge on any atom is -0.494 e. The van der Waals surface area contributed by atoms with Crippen LogP contribution in [-0.4, -0.2) is 14.8 Å². The van der Waals surface area contributed by atoms with Crippen molar-refractivity contribution in [3.8, 4) is 11.8 Å². The number of hydrogen-bond donors (Lipinski definition) is 2. The summed E-state index contributed by atoms with van der Waals surface area (Å²) in [6, 6.07) is 0. The average molecular weight is 219 g/mol. The van der Waals surface area contributed by atoms with Gasteiger partial charge in [0.1, 0.15) is 0 Å². The normalized spacial score (nSPS) is 14.4. The van der Waals surface area contributed by atoms with Crippen molar-refractivity contribution in [1.82, 2.24) is 4.57 Å². The van der Waals surface area contributed by atoms with Crippen LogP contribution in [0.4, 0.5) is 0 Å². The summed E-state index contributed by atoms with van der Waals surface area (Å²) in [5.41, 5.74) is 3.05. The molecule has 2 N–H and O–H groups in total. The maximum atomic E-state index is 10.0. The van der Waals surface area contributed by atoms with E-state index in [9.17, 15) is 10.2 Å². The van der Waals surface area contributed by atoms with Crippen LogP contribution in [0.2, 0.25) is 0 Å². The van der Waals surface area contributed by atoms with E-state index < -0.39 is 0 Å². The fraction of sp³-hybridized carbons (Fsp3) is 0.385. The first kappa shape index (κ1) is 10.9. The van der Waals surface area contributed by atoms with Crippen LogP contribution in [-0.2, 0) is 19.4 Å². The molecule has 1 heterocycles. The quantitative estimate of drug-likeness (QED) is 0.767. The first-order valence-corrected chi connectivity index (χ1v) is 5.60. The van der Waals surface area contributed by atoms with Crippen LogP contribution < -0.4 is 0 Å². The van der Waals surface area contributed by atoms with Gasteiger partial charge in [-0.1, -0.05) is 24.6 Å². The summed E-state index contributed by atoms with van der Waals surface area (Å²) >= 11 is 0. The number of aromatic hydroxyl groups is 2. The molecule has 0 aromatic carbocycles. The van der Waals surface area contributed by atoms with E-state index >= 15 is 0 Å². The lowest BCUT2D eigenvalue weighted by Crippen LogP contribution is -1.99. The molecular formula is C13H17NO2. The van der Waals surface area contributed by atoms with Crippen LogP contribution in [0.25, 0.3) is 0 Å². The van der Waals surface area contributed by atoms with Crippen molar-refractivity contribution in [2.75, 3.05) is 0 Å². The molecule has 0 aliphatic heterocycles. The topological polar surface area (TPSA) is 45.4 Å². The van der Waals surface area contributed by atoms with E-state index in [1.807, 2.05) is 0 Å². The first-order chi connectivity index (χ1) is 7.69. The zero-order valence-corrected chi connectivity index (χ0v) is 9.53. The van der Waals surface area contributed by atoms with Crippen LogP contribution in [0.15, 0.2) is 24.3 Å². The number of allylic oxidation sites excluding steroid dienone is 3. The summed E-state index contributed by atoms with van der Waals surface area (Å²) in [6.45, 7) is 6.16. The van der Waals surface area contributed by atoms with E-state index in [-0.39, 0.29) is 11.8 Å². The molecule has 1 aliphatic rings. The van der Waals surface area contributed by atoms with Crippen molar-refractivity contribution < 1.29 is 10.2 Å². The van der Waals surface area contributed by atoms with Gasteiger partial charge in [-0.25, -0.2) is 0 Å². The number of rotatable bonds is 3. The molecule has 0 fully saturated rings. The van der Waals surface area contributed by atoms with Crippen LogP contribution in [0.3, 0.4) is 0 Å². The van der Waals surface area contributed by atoms with E-state index in [0.29, 0.717) is 13.0 Å². The number of hydrogen-bond acceptors (Lipinski definition) is 2. The van der Waals surface area contributed by atoms with Gasteiger partial charge in [-0.2, -0.15) is 0 Å². The van der Waals surface area contributed by atoms with E-state index in [2.05, 4.69) is 19.6 Å². The Morgan fingerprint density at radius 2 is 2.06 bits per heavy atom. The second-order valence-electron chi connectivity index (χ2n) is 4.10. The highest BCUT2D eigenvalue weighted by atomic mass is 16.3. The fourth-order valence-electron chi connectivity index (χ4n) is 2.21. The van der Waals surface area contributed by atoms with Crippen molar-refractivity contribution >= 4 is 0 Å². The number of nitrogens with zero attached hydrogens (tertiary/aromatic N) is 1. The van der Waals surface area contributed by atoms with E-state index in [4.69, 9.17) is 0 Å². The molecule has 3 heteroatoms. The maximum Gasteiger partial charge on any atom is 0.198 e. The maximum absolute atomic E-state index is 10.0. The van der Waals surface area contributed by atoms with Crippen LogP contribution in [0.5, 0.6) is 11.8 Å². The van der Waals surface area contributed by atoms with Gasteiger partial charge in [0.2, 0.25) is 0 Å². The third-order valence-electron chi connectivity index (χ3n) is 3.18. The second kappa shape index (κ2) is 4.08. The summed E-state index contributed by atoms with van der Waals surface area (Å²) in [5, 5.41) is 20.0. The van der Waals surface area contributed by atoms with Crippen LogP contribution in [0, 0.1) is 0 Å². The Morgan fingerprint density at radius 1 is 1.38 bits per heavy atom. The summed E-state index contributed by atoms with van der Waals surface area (Å²) in [5.74, 6) is 0.366. The summed E-state index contributed by atoms with van der Waals surface area (Å²) in [4.78, 5) is 0. The second-order valence-corrected chi connectivity index (χ2v) is 4.10. The fourth-order valence-corrected chi connectivity index (χ4v) is 2.21. The molecule has 86 valence electrons. The Hall–Kier alpha value is -1.64. The van der Waals surface area contributed by atoms with Gasteiger partial charge in [0.05, 0.1) is 0 Å². The SMILES string of the molecule is C=CCn1c(O)c2c(c1O)CC(CC)=CC2. The molecule has 2 rings (SSSR count). The Kier molecular flexibility index (Phi) is 2.77.